The lowest BCUT2D eigenvalue weighted by molar-refractivity contribution is 0.0761. The number of halogens is 1. The third-order valence-electron chi connectivity index (χ3n) is 5.37. The molecule has 0 amide bonds. The fraction of sp³-hybridized carbons (Fsp3) is 0.667. The molecule has 2 fully saturated rings. The minimum atomic E-state index is 0.475. The maximum atomic E-state index is 5.99. The zero-order chi connectivity index (χ0) is 15.6. The molecule has 2 atom stereocenters. The first kappa shape index (κ1) is 16.3. The van der Waals surface area contributed by atoms with E-state index in [9.17, 15) is 0 Å². The molecule has 2 aliphatic heterocycles. The highest BCUT2D eigenvalue weighted by Gasteiger charge is 2.32. The highest BCUT2D eigenvalue weighted by Crippen LogP contribution is 2.27. The molecule has 2 heterocycles. The summed E-state index contributed by atoms with van der Waals surface area (Å²) in [6.07, 6.45) is 1.31. The Labute approximate surface area is 139 Å². The van der Waals surface area contributed by atoms with Crippen LogP contribution >= 0.6 is 11.6 Å². The van der Waals surface area contributed by atoms with Crippen LogP contribution in [-0.2, 0) is 0 Å². The van der Waals surface area contributed by atoms with E-state index in [1.165, 1.54) is 44.7 Å². The lowest BCUT2D eigenvalue weighted by Crippen LogP contribution is -2.50. The van der Waals surface area contributed by atoms with E-state index in [-0.39, 0.29) is 0 Å². The second-order valence-electron chi connectivity index (χ2n) is 7.28. The van der Waals surface area contributed by atoms with Gasteiger partial charge in [0.15, 0.2) is 0 Å². The molecule has 1 N–H and O–H groups in total. The minimum Gasteiger partial charge on any atom is -0.316 e. The molecule has 3 nitrogen and oxygen atoms in total. The van der Waals surface area contributed by atoms with Gasteiger partial charge in [-0.2, -0.15) is 0 Å². The van der Waals surface area contributed by atoms with Gasteiger partial charge in [0.1, 0.15) is 0 Å². The molecule has 0 radical (unpaired) electrons. The zero-order valence-electron chi connectivity index (χ0n) is 13.8. The van der Waals surface area contributed by atoms with Crippen molar-refractivity contribution in [2.24, 2.45) is 5.41 Å². The van der Waals surface area contributed by atoms with E-state index in [0.717, 1.165) is 18.1 Å². The Balaban J connectivity index is 1.51. The predicted molar refractivity (Wildman–Crippen MR) is 93.5 cm³/mol. The van der Waals surface area contributed by atoms with Gasteiger partial charge in [0.25, 0.3) is 0 Å². The maximum Gasteiger partial charge on any atom is 0.0406 e. The summed E-state index contributed by atoms with van der Waals surface area (Å²) >= 11 is 5.99. The van der Waals surface area contributed by atoms with Gasteiger partial charge in [0.2, 0.25) is 0 Å². The van der Waals surface area contributed by atoms with Crippen LogP contribution in [0.15, 0.2) is 24.3 Å². The van der Waals surface area contributed by atoms with Crippen LogP contribution in [0.4, 0.5) is 0 Å². The quantitative estimate of drug-likeness (QED) is 0.919. The molecule has 2 saturated heterocycles. The van der Waals surface area contributed by atoms with Crippen LogP contribution in [0.5, 0.6) is 0 Å². The van der Waals surface area contributed by atoms with E-state index in [2.05, 4.69) is 41.1 Å². The highest BCUT2D eigenvalue weighted by atomic mass is 35.5. The SMILES string of the molecule is CC(c1ccc(Cl)cc1)N1CCN(CC2(C)CCNC2)CC1. The summed E-state index contributed by atoms with van der Waals surface area (Å²) < 4.78 is 0. The van der Waals surface area contributed by atoms with Crippen LogP contribution in [0.25, 0.3) is 0 Å². The van der Waals surface area contributed by atoms with E-state index in [1.807, 2.05) is 12.1 Å². The number of nitrogens with zero attached hydrogens (tertiary/aromatic N) is 2. The Kier molecular flexibility index (Phi) is 5.08. The number of piperazine rings is 1. The fourth-order valence-electron chi connectivity index (χ4n) is 3.80. The van der Waals surface area contributed by atoms with Gasteiger partial charge in [-0.15, -0.1) is 0 Å². The molecule has 0 bridgehead atoms. The van der Waals surface area contributed by atoms with E-state index in [0.29, 0.717) is 11.5 Å². The van der Waals surface area contributed by atoms with Gasteiger partial charge in [-0.25, -0.2) is 0 Å². The van der Waals surface area contributed by atoms with Crippen LogP contribution < -0.4 is 5.32 Å². The van der Waals surface area contributed by atoms with Gasteiger partial charge >= 0.3 is 0 Å². The first-order chi connectivity index (χ1) is 10.6. The van der Waals surface area contributed by atoms with Crippen molar-refractivity contribution < 1.29 is 0 Å². The Morgan fingerprint density at radius 2 is 1.86 bits per heavy atom. The highest BCUT2D eigenvalue weighted by molar-refractivity contribution is 6.30. The van der Waals surface area contributed by atoms with Crippen LogP contribution in [0, 0.1) is 5.41 Å². The van der Waals surface area contributed by atoms with Gasteiger partial charge in [0, 0.05) is 50.3 Å². The smallest absolute Gasteiger partial charge is 0.0406 e. The van der Waals surface area contributed by atoms with Crippen molar-refractivity contribution in [1.29, 1.82) is 0 Å². The van der Waals surface area contributed by atoms with Crippen molar-refractivity contribution in [2.45, 2.75) is 26.3 Å². The van der Waals surface area contributed by atoms with Gasteiger partial charge in [-0.05, 0) is 43.0 Å². The Morgan fingerprint density at radius 3 is 2.45 bits per heavy atom. The molecule has 3 rings (SSSR count). The summed E-state index contributed by atoms with van der Waals surface area (Å²) in [6.45, 7) is 13.0. The number of rotatable bonds is 4. The van der Waals surface area contributed by atoms with Gasteiger partial charge in [0.05, 0.1) is 0 Å². The number of hydrogen-bond donors (Lipinski definition) is 1. The predicted octanol–water partition coefficient (Wildman–Crippen LogP) is 3.02. The Bertz CT molecular complexity index is 474. The molecule has 122 valence electrons. The molecule has 0 aromatic heterocycles. The molecule has 2 unspecified atom stereocenters. The van der Waals surface area contributed by atoms with E-state index in [4.69, 9.17) is 11.6 Å². The number of benzene rings is 1. The lowest BCUT2D eigenvalue weighted by Gasteiger charge is -2.41. The monoisotopic (exact) mass is 321 g/mol. The number of nitrogens with one attached hydrogen (secondary N) is 1. The fourth-order valence-corrected chi connectivity index (χ4v) is 3.93. The lowest BCUT2D eigenvalue weighted by atomic mass is 9.89. The molecule has 2 aliphatic rings. The molecule has 0 saturated carbocycles. The molecule has 4 heteroatoms. The van der Waals surface area contributed by atoms with Gasteiger partial charge < -0.3 is 10.2 Å². The summed E-state index contributed by atoms with van der Waals surface area (Å²) in [5, 5.41) is 4.33. The number of hydrogen-bond acceptors (Lipinski definition) is 3. The summed E-state index contributed by atoms with van der Waals surface area (Å²) in [5.41, 5.74) is 1.84. The van der Waals surface area contributed by atoms with Crippen molar-refractivity contribution in [2.75, 3.05) is 45.8 Å². The maximum absolute atomic E-state index is 5.99. The molecule has 22 heavy (non-hydrogen) atoms. The van der Waals surface area contributed by atoms with E-state index >= 15 is 0 Å². The first-order valence-corrected chi connectivity index (χ1v) is 8.86. The van der Waals surface area contributed by atoms with Crippen molar-refractivity contribution in [3.8, 4) is 0 Å². The average molecular weight is 322 g/mol. The zero-order valence-corrected chi connectivity index (χ0v) is 14.6. The van der Waals surface area contributed by atoms with E-state index < -0.39 is 0 Å². The van der Waals surface area contributed by atoms with Gasteiger partial charge in [-0.3, -0.25) is 4.90 Å². The molecule has 0 aliphatic carbocycles. The van der Waals surface area contributed by atoms with Crippen molar-refractivity contribution >= 4 is 11.6 Å². The van der Waals surface area contributed by atoms with Crippen LogP contribution in [-0.4, -0.2) is 55.6 Å². The van der Waals surface area contributed by atoms with Crippen molar-refractivity contribution in [3.63, 3.8) is 0 Å². The van der Waals surface area contributed by atoms with Crippen molar-refractivity contribution in [3.05, 3.63) is 34.9 Å². The first-order valence-electron chi connectivity index (χ1n) is 8.48. The summed E-state index contributed by atoms with van der Waals surface area (Å²) in [5.74, 6) is 0. The Morgan fingerprint density at radius 1 is 1.18 bits per heavy atom. The molecule has 1 aromatic carbocycles. The van der Waals surface area contributed by atoms with Crippen molar-refractivity contribution in [1.82, 2.24) is 15.1 Å². The molecule has 1 aromatic rings. The third kappa shape index (κ3) is 3.83. The largest absolute Gasteiger partial charge is 0.316 e. The van der Waals surface area contributed by atoms with Gasteiger partial charge in [-0.1, -0.05) is 30.7 Å². The normalized spacial score (nSPS) is 28.9. The van der Waals surface area contributed by atoms with Crippen LogP contribution in [0.1, 0.15) is 31.9 Å². The summed E-state index contributed by atoms with van der Waals surface area (Å²) in [4.78, 5) is 5.24. The summed E-state index contributed by atoms with van der Waals surface area (Å²) in [6, 6.07) is 8.79. The van der Waals surface area contributed by atoms with Crippen LogP contribution in [0.3, 0.4) is 0 Å². The summed E-state index contributed by atoms with van der Waals surface area (Å²) in [7, 11) is 0. The standard InChI is InChI=1S/C18H28ClN3/c1-15(16-3-5-17(19)6-4-16)22-11-9-21(10-12-22)14-18(2)7-8-20-13-18/h3-6,15,20H,7-14H2,1-2H3. The minimum absolute atomic E-state index is 0.475. The average Bonchev–Trinajstić information content (AvgIpc) is 2.94. The molecular formula is C18H28ClN3. The topological polar surface area (TPSA) is 18.5 Å². The molecule has 0 spiro atoms. The molecular weight excluding hydrogens is 294 g/mol. The van der Waals surface area contributed by atoms with Crippen LogP contribution in [0.2, 0.25) is 5.02 Å². The third-order valence-corrected chi connectivity index (χ3v) is 5.62. The Hall–Kier alpha value is -0.610. The van der Waals surface area contributed by atoms with E-state index in [1.54, 1.807) is 0 Å². The second-order valence-corrected chi connectivity index (χ2v) is 7.71. The second kappa shape index (κ2) is 6.88.